The van der Waals surface area contributed by atoms with E-state index >= 15 is 0 Å². The summed E-state index contributed by atoms with van der Waals surface area (Å²) in [6.45, 7) is 6.33. The summed E-state index contributed by atoms with van der Waals surface area (Å²) in [4.78, 5) is 15.9. The average Bonchev–Trinajstić information content (AvgIpc) is 2.53. The van der Waals surface area contributed by atoms with Crippen molar-refractivity contribution in [3.8, 4) is 11.3 Å². The maximum atomic E-state index is 14.3. The van der Waals surface area contributed by atoms with Gasteiger partial charge in [0.25, 0.3) is 0 Å². The minimum atomic E-state index is -1.15. The Balaban J connectivity index is 2.22. The molecule has 0 aliphatic heterocycles. The molecule has 0 aliphatic carbocycles. The van der Waals surface area contributed by atoms with Gasteiger partial charge in [0.1, 0.15) is 5.52 Å². The van der Waals surface area contributed by atoms with Gasteiger partial charge in [0, 0.05) is 16.0 Å². The van der Waals surface area contributed by atoms with E-state index in [0.717, 1.165) is 17.2 Å². The second-order valence-electron chi connectivity index (χ2n) is 6.97. The molecule has 3 aromatic rings. The van der Waals surface area contributed by atoms with E-state index in [1.807, 2.05) is 24.3 Å². The van der Waals surface area contributed by atoms with Gasteiger partial charge in [-0.1, -0.05) is 56.6 Å². The van der Waals surface area contributed by atoms with Crippen molar-refractivity contribution >= 4 is 28.5 Å². The SMILES string of the molecule is CC(C)(C)c1ccc(-c2cc(C(=O)O)c3cc(Cl)cc(F)c3n2)cc1. The summed E-state index contributed by atoms with van der Waals surface area (Å²) in [6.07, 6.45) is 0. The van der Waals surface area contributed by atoms with Gasteiger partial charge in [-0.3, -0.25) is 0 Å². The van der Waals surface area contributed by atoms with Crippen molar-refractivity contribution in [2.24, 2.45) is 0 Å². The number of nitrogens with zero attached hydrogens (tertiary/aromatic N) is 1. The summed E-state index contributed by atoms with van der Waals surface area (Å²) in [5.41, 5.74) is 2.26. The number of hydrogen-bond acceptors (Lipinski definition) is 2. The van der Waals surface area contributed by atoms with Crippen molar-refractivity contribution in [1.29, 1.82) is 0 Å². The predicted octanol–water partition coefficient (Wildman–Crippen LogP) is 5.69. The van der Waals surface area contributed by atoms with E-state index in [9.17, 15) is 14.3 Å². The standard InChI is InChI=1S/C20H17ClFNO2/c1-20(2,3)12-6-4-11(5-7-12)17-10-15(19(24)25)14-8-13(21)9-16(22)18(14)23-17/h4-10H,1-3H3,(H,24,25). The van der Waals surface area contributed by atoms with Crippen LogP contribution in [0.3, 0.4) is 0 Å². The maximum Gasteiger partial charge on any atom is 0.336 e. The summed E-state index contributed by atoms with van der Waals surface area (Å²) in [7, 11) is 0. The van der Waals surface area contributed by atoms with Gasteiger partial charge < -0.3 is 5.11 Å². The van der Waals surface area contributed by atoms with Crippen LogP contribution in [0.4, 0.5) is 4.39 Å². The molecule has 5 heteroatoms. The zero-order valence-electron chi connectivity index (χ0n) is 14.1. The third-order valence-electron chi connectivity index (χ3n) is 4.11. The third-order valence-corrected chi connectivity index (χ3v) is 4.33. The lowest BCUT2D eigenvalue weighted by Crippen LogP contribution is -2.10. The summed E-state index contributed by atoms with van der Waals surface area (Å²) >= 11 is 5.86. The lowest BCUT2D eigenvalue weighted by molar-refractivity contribution is 0.0699. The summed E-state index contributed by atoms with van der Waals surface area (Å²) in [5, 5.41) is 9.82. The molecule has 0 atom stereocenters. The molecule has 0 unspecified atom stereocenters. The summed E-state index contributed by atoms with van der Waals surface area (Å²) in [6, 6.07) is 11.7. The zero-order valence-corrected chi connectivity index (χ0v) is 14.9. The lowest BCUT2D eigenvalue weighted by atomic mass is 9.86. The van der Waals surface area contributed by atoms with Gasteiger partial charge in [-0.25, -0.2) is 14.2 Å². The number of halogens is 2. The predicted molar refractivity (Wildman–Crippen MR) is 97.8 cm³/mol. The van der Waals surface area contributed by atoms with Crippen LogP contribution in [0.15, 0.2) is 42.5 Å². The molecule has 1 heterocycles. The quantitative estimate of drug-likeness (QED) is 0.641. The number of carbonyl (C=O) groups is 1. The van der Waals surface area contributed by atoms with Crippen LogP contribution in [0.25, 0.3) is 22.2 Å². The first-order valence-corrected chi connectivity index (χ1v) is 8.18. The molecule has 3 nitrogen and oxygen atoms in total. The molecule has 0 saturated carbocycles. The van der Waals surface area contributed by atoms with Gasteiger partial charge >= 0.3 is 5.97 Å². The average molecular weight is 358 g/mol. The second kappa shape index (κ2) is 6.12. The van der Waals surface area contributed by atoms with Gasteiger partial charge in [0.2, 0.25) is 0 Å². The van der Waals surface area contributed by atoms with Crippen LogP contribution in [0.5, 0.6) is 0 Å². The molecular formula is C20H17ClFNO2. The largest absolute Gasteiger partial charge is 0.478 e. The first-order valence-electron chi connectivity index (χ1n) is 7.81. The van der Waals surface area contributed by atoms with Crippen molar-refractivity contribution in [2.45, 2.75) is 26.2 Å². The molecular weight excluding hydrogens is 341 g/mol. The number of fused-ring (bicyclic) bond motifs is 1. The zero-order chi connectivity index (χ0) is 18.4. The third kappa shape index (κ3) is 3.35. The Labute approximate surface area is 150 Å². The molecule has 3 rings (SSSR count). The molecule has 2 aromatic carbocycles. The number of pyridine rings is 1. The van der Waals surface area contributed by atoms with Crippen molar-refractivity contribution in [1.82, 2.24) is 4.98 Å². The first kappa shape index (κ1) is 17.4. The second-order valence-corrected chi connectivity index (χ2v) is 7.41. The normalized spacial score (nSPS) is 11.7. The number of aromatic carboxylic acids is 1. The van der Waals surface area contributed by atoms with Crippen molar-refractivity contribution in [3.05, 3.63) is 64.4 Å². The number of hydrogen-bond donors (Lipinski definition) is 1. The van der Waals surface area contributed by atoms with E-state index in [-0.39, 0.29) is 26.9 Å². The Kier molecular flexibility index (Phi) is 4.25. The maximum absolute atomic E-state index is 14.3. The Morgan fingerprint density at radius 2 is 1.76 bits per heavy atom. The monoisotopic (exact) mass is 357 g/mol. The van der Waals surface area contributed by atoms with Crippen molar-refractivity contribution < 1.29 is 14.3 Å². The van der Waals surface area contributed by atoms with Crippen LogP contribution in [0, 0.1) is 5.82 Å². The molecule has 128 valence electrons. The van der Waals surface area contributed by atoms with Gasteiger partial charge in [0.15, 0.2) is 5.82 Å². The smallest absolute Gasteiger partial charge is 0.336 e. The van der Waals surface area contributed by atoms with Gasteiger partial charge in [-0.05, 0) is 29.2 Å². The van der Waals surface area contributed by atoms with Crippen molar-refractivity contribution in [2.75, 3.05) is 0 Å². The van der Waals surface area contributed by atoms with Gasteiger partial charge in [-0.15, -0.1) is 0 Å². The molecule has 0 saturated heterocycles. The Morgan fingerprint density at radius 3 is 2.32 bits per heavy atom. The van der Waals surface area contributed by atoms with E-state index in [0.29, 0.717) is 5.69 Å². The number of carboxylic acids is 1. The number of rotatable bonds is 2. The van der Waals surface area contributed by atoms with Crippen LogP contribution in [-0.2, 0) is 5.41 Å². The van der Waals surface area contributed by atoms with Crippen LogP contribution in [-0.4, -0.2) is 16.1 Å². The molecule has 0 spiro atoms. The number of aromatic nitrogens is 1. The van der Waals surface area contributed by atoms with Crippen LogP contribution < -0.4 is 0 Å². The van der Waals surface area contributed by atoms with E-state index in [1.165, 1.54) is 12.1 Å². The van der Waals surface area contributed by atoms with Crippen LogP contribution in [0.1, 0.15) is 36.7 Å². The molecule has 0 amide bonds. The van der Waals surface area contributed by atoms with Crippen molar-refractivity contribution in [3.63, 3.8) is 0 Å². The van der Waals surface area contributed by atoms with Gasteiger partial charge in [-0.2, -0.15) is 0 Å². The van der Waals surface area contributed by atoms with E-state index in [2.05, 4.69) is 25.8 Å². The fraction of sp³-hybridized carbons (Fsp3) is 0.200. The highest BCUT2D eigenvalue weighted by Crippen LogP contribution is 2.30. The first-order chi connectivity index (χ1) is 11.7. The molecule has 0 bridgehead atoms. The Bertz CT molecular complexity index is 976. The number of benzene rings is 2. The highest BCUT2D eigenvalue weighted by molar-refractivity contribution is 6.31. The van der Waals surface area contributed by atoms with E-state index in [1.54, 1.807) is 0 Å². The van der Waals surface area contributed by atoms with E-state index in [4.69, 9.17) is 11.6 Å². The molecule has 0 radical (unpaired) electrons. The summed E-state index contributed by atoms with van der Waals surface area (Å²) < 4.78 is 14.3. The minimum absolute atomic E-state index is 0.000743. The topological polar surface area (TPSA) is 50.2 Å². The Hall–Kier alpha value is -2.46. The fourth-order valence-corrected chi connectivity index (χ4v) is 2.92. The highest BCUT2D eigenvalue weighted by Gasteiger charge is 2.17. The lowest BCUT2D eigenvalue weighted by Gasteiger charge is -2.19. The minimum Gasteiger partial charge on any atom is -0.478 e. The molecule has 1 aromatic heterocycles. The summed E-state index contributed by atoms with van der Waals surface area (Å²) in [5.74, 6) is -1.79. The molecule has 0 aliphatic rings. The molecule has 25 heavy (non-hydrogen) atoms. The fourth-order valence-electron chi connectivity index (χ4n) is 2.72. The van der Waals surface area contributed by atoms with Gasteiger partial charge in [0.05, 0.1) is 11.3 Å². The van der Waals surface area contributed by atoms with Crippen LogP contribution in [0.2, 0.25) is 5.02 Å². The number of carboxylic acid groups (broad SMARTS) is 1. The molecule has 0 fully saturated rings. The Morgan fingerprint density at radius 1 is 1.12 bits per heavy atom. The molecule has 1 N–H and O–H groups in total. The van der Waals surface area contributed by atoms with Crippen LogP contribution >= 0.6 is 11.6 Å². The van der Waals surface area contributed by atoms with E-state index < -0.39 is 11.8 Å². The highest BCUT2D eigenvalue weighted by atomic mass is 35.5.